The van der Waals surface area contributed by atoms with Crippen molar-refractivity contribution in [2.45, 2.75) is 41.0 Å². The van der Waals surface area contributed by atoms with E-state index in [0.717, 1.165) is 22.2 Å². The van der Waals surface area contributed by atoms with Gasteiger partial charge in [-0.1, -0.05) is 29.8 Å². The van der Waals surface area contributed by atoms with Crippen LogP contribution in [-0.4, -0.2) is 19.9 Å². The topological polar surface area (TPSA) is 83.6 Å². The number of nitrogens with zero attached hydrogens (tertiary/aromatic N) is 3. The molecule has 0 aliphatic rings. The van der Waals surface area contributed by atoms with Gasteiger partial charge in [0.2, 0.25) is 11.9 Å². The third kappa shape index (κ3) is 3.94. The molecule has 6 heteroatoms. The summed E-state index contributed by atoms with van der Waals surface area (Å²) >= 11 is 0. The lowest BCUT2D eigenvalue weighted by molar-refractivity contribution is 0.977. The molecule has 0 radical (unpaired) electrons. The normalized spacial score (nSPS) is 11.1. The van der Waals surface area contributed by atoms with Gasteiger partial charge in [-0.15, -0.1) is 0 Å². The fraction of sp³-hybridized carbons (Fsp3) is 0.250. The van der Waals surface area contributed by atoms with Gasteiger partial charge in [0.25, 0.3) is 5.56 Å². The maximum atomic E-state index is 12.7. The van der Waals surface area contributed by atoms with Crippen molar-refractivity contribution in [1.82, 2.24) is 19.9 Å². The fourth-order valence-corrected chi connectivity index (χ4v) is 3.61. The SMILES string of the molecule is Cc1cccc(Cc2c(C)nc(Nc3nc(C)c4cc(C)c(C)cc4n3)[nH]c2=O)c1. The highest BCUT2D eigenvalue weighted by molar-refractivity contribution is 5.83. The quantitative estimate of drug-likeness (QED) is 0.524. The summed E-state index contributed by atoms with van der Waals surface area (Å²) in [6.07, 6.45) is 0.542. The Morgan fingerprint density at radius 2 is 1.67 bits per heavy atom. The van der Waals surface area contributed by atoms with E-state index in [2.05, 4.69) is 57.3 Å². The summed E-state index contributed by atoms with van der Waals surface area (Å²) < 4.78 is 0. The lowest BCUT2D eigenvalue weighted by Gasteiger charge is -2.11. The van der Waals surface area contributed by atoms with Crippen molar-refractivity contribution < 1.29 is 0 Å². The van der Waals surface area contributed by atoms with E-state index < -0.39 is 0 Å². The minimum atomic E-state index is -0.157. The molecule has 0 saturated heterocycles. The van der Waals surface area contributed by atoms with Crippen molar-refractivity contribution in [2.75, 3.05) is 5.32 Å². The molecule has 0 spiro atoms. The van der Waals surface area contributed by atoms with Crippen molar-refractivity contribution in [3.05, 3.63) is 86.0 Å². The summed E-state index contributed by atoms with van der Waals surface area (Å²) in [6, 6.07) is 12.3. The second-order valence-corrected chi connectivity index (χ2v) is 7.86. The highest BCUT2D eigenvalue weighted by Crippen LogP contribution is 2.22. The van der Waals surface area contributed by atoms with Crippen LogP contribution in [0.1, 0.15) is 39.2 Å². The van der Waals surface area contributed by atoms with Gasteiger partial charge in [0.1, 0.15) is 0 Å². The molecule has 2 aromatic carbocycles. The monoisotopic (exact) mass is 399 g/mol. The van der Waals surface area contributed by atoms with Crippen LogP contribution < -0.4 is 10.9 Å². The predicted octanol–water partition coefficient (Wildman–Crippen LogP) is 4.59. The largest absolute Gasteiger partial charge is 0.294 e. The van der Waals surface area contributed by atoms with E-state index in [0.29, 0.717) is 29.6 Å². The molecule has 0 bridgehead atoms. The number of fused-ring (bicyclic) bond motifs is 1. The Bertz CT molecular complexity index is 1320. The minimum absolute atomic E-state index is 0.157. The van der Waals surface area contributed by atoms with Crippen molar-refractivity contribution >= 4 is 22.8 Å². The molecular weight excluding hydrogens is 374 g/mol. The summed E-state index contributed by atoms with van der Waals surface area (Å²) in [4.78, 5) is 29.2. The Kier molecular flexibility index (Phi) is 5.08. The second kappa shape index (κ2) is 7.71. The molecule has 30 heavy (non-hydrogen) atoms. The van der Waals surface area contributed by atoms with Crippen LogP contribution in [0.3, 0.4) is 0 Å². The molecule has 4 rings (SSSR count). The maximum Gasteiger partial charge on any atom is 0.256 e. The Morgan fingerprint density at radius 1 is 0.900 bits per heavy atom. The molecule has 0 fully saturated rings. The van der Waals surface area contributed by atoms with Crippen LogP contribution in [0.15, 0.2) is 41.2 Å². The molecule has 152 valence electrons. The molecule has 0 unspecified atom stereocenters. The van der Waals surface area contributed by atoms with E-state index in [-0.39, 0.29) is 5.56 Å². The maximum absolute atomic E-state index is 12.7. The van der Waals surface area contributed by atoms with Gasteiger partial charge < -0.3 is 0 Å². The number of aromatic nitrogens is 4. The van der Waals surface area contributed by atoms with Crippen LogP contribution in [0.5, 0.6) is 0 Å². The van der Waals surface area contributed by atoms with Gasteiger partial charge in [-0.2, -0.15) is 0 Å². The van der Waals surface area contributed by atoms with Crippen LogP contribution in [0.4, 0.5) is 11.9 Å². The predicted molar refractivity (Wildman–Crippen MR) is 121 cm³/mol. The molecule has 2 N–H and O–H groups in total. The first kappa shape index (κ1) is 19.8. The Balaban J connectivity index is 1.65. The smallest absolute Gasteiger partial charge is 0.256 e. The van der Waals surface area contributed by atoms with E-state index >= 15 is 0 Å². The molecular formula is C24H25N5O. The lowest BCUT2D eigenvalue weighted by atomic mass is 10.0. The Labute approximate surface area is 175 Å². The first-order valence-corrected chi connectivity index (χ1v) is 9.98. The third-order valence-electron chi connectivity index (χ3n) is 5.42. The Morgan fingerprint density at radius 3 is 2.40 bits per heavy atom. The Hall–Kier alpha value is -3.54. The molecule has 6 nitrogen and oxygen atoms in total. The number of anilines is 2. The molecule has 0 saturated carbocycles. The van der Waals surface area contributed by atoms with Crippen molar-refractivity contribution in [2.24, 2.45) is 0 Å². The third-order valence-corrected chi connectivity index (χ3v) is 5.42. The zero-order valence-electron chi connectivity index (χ0n) is 17.9. The number of nitrogens with one attached hydrogen (secondary N) is 2. The standard InChI is InChI=1S/C24H25N5O/c1-13-7-6-8-18(9-13)12-20-17(5)26-24(28-22(20)30)29-23-25-16(4)19-10-14(2)15(3)11-21(19)27-23/h6-11H,12H2,1-5H3,(H2,25,26,27,28,29,30). The van der Waals surface area contributed by atoms with Crippen LogP contribution in [0.2, 0.25) is 0 Å². The van der Waals surface area contributed by atoms with E-state index in [1.54, 1.807) is 0 Å². The molecule has 0 amide bonds. The van der Waals surface area contributed by atoms with Crippen LogP contribution in [0, 0.1) is 34.6 Å². The van der Waals surface area contributed by atoms with E-state index in [1.807, 2.05) is 39.0 Å². The first-order valence-electron chi connectivity index (χ1n) is 9.98. The number of aryl methyl sites for hydroxylation is 5. The summed E-state index contributed by atoms with van der Waals surface area (Å²) in [7, 11) is 0. The molecule has 2 aromatic heterocycles. The summed E-state index contributed by atoms with van der Waals surface area (Å²) in [5.74, 6) is 0.755. The number of rotatable bonds is 4. The van der Waals surface area contributed by atoms with Crippen molar-refractivity contribution in [1.29, 1.82) is 0 Å². The summed E-state index contributed by atoms with van der Waals surface area (Å²) in [5.41, 5.74) is 7.57. The van der Waals surface area contributed by atoms with Crippen molar-refractivity contribution in [3.63, 3.8) is 0 Å². The number of hydrogen-bond acceptors (Lipinski definition) is 5. The van der Waals surface area contributed by atoms with Crippen molar-refractivity contribution in [3.8, 4) is 0 Å². The summed E-state index contributed by atoms with van der Waals surface area (Å²) in [5, 5.41) is 4.09. The zero-order chi connectivity index (χ0) is 21.4. The molecule has 0 aliphatic carbocycles. The number of aromatic amines is 1. The van der Waals surface area contributed by atoms with E-state index in [9.17, 15) is 4.79 Å². The van der Waals surface area contributed by atoms with Gasteiger partial charge in [-0.05, 0) is 63.4 Å². The van der Waals surface area contributed by atoms with Crippen LogP contribution in [0.25, 0.3) is 10.9 Å². The minimum Gasteiger partial charge on any atom is -0.294 e. The van der Waals surface area contributed by atoms with Gasteiger partial charge in [0.15, 0.2) is 0 Å². The lowest BCUT2D eigenvalue weighted by Crippen LogP contribution is -2.19. The van der Waals surface area contributed by atoms with Gasteiger partial charge >= 0.3 is 0 Å². The van der Waals surface area contributed by atoms with E-state index in [4.69, 9.17) is 0 Å². The molecule has 0 aliphatic heterocycles. The molecule has 2 heterocycles. The highest BCUT2D eigenvalue weighted by Gasteiger charge is 2.12. The second-order valence-electron chi connectivity index (χ2n) is 7.86. The number of hydrogen-bond donors (Lipinski definition) is 2. The molecule has 4 aromatic rings. The summed E-state index contributed by atoms with van der Waals surface area (Å²) in [6.45, 7) is 9.99. The van der Waals surface area contributed by atoms with E-state index in [1.165, 1.54) is 16.7 Å². The average molecular weight is 399 g/mol. The highest BCUT2D eigenvalue weighted by atomic mass is 16.1. The van der Waals surface area contributed by atoms with Crippen LogP contribution in [-0.2, 0) is 6.42 Å². The van der Waals surface area contributed by atoms with Gasteiger partial charge in [0.05, 0.1) is 16.9 Å². The fourth-order valence-electron chi connectivity index (χ4n) is 3.61. The number of benzene rings is 2. The van der Waals surface area contributed by atoms with Crippen LogP contribution >= 0.6 is 0 Å². The first-order chi connectivity index (χ1) is 14.3. The average Bonchev–Trinajstić information content (AvgIpc) is 2.66. The van der Waals surface area contributed by atoms with Gasteiger partial charge in [-0.25, -0.2) is 15.0 Å². The van der Waals surface area contributed by atoms with Gasteiger partial charge in [-0.3, -0.25) is 15.1 Å². The molecule has 0 atom stereocenters. The zero-order valence-corrected chi connectivity index (χ0v) is 17.9. The number of H-pyrrole nitrogens is 1. The van der Waals surface area contributed by atoms with Gasteiger partial charge in [0, 0.05) is 17.4 Å².